The molecule has 0 rings (SSSR count). The molecule has 0 radical (unpaired) electrons. The molecule has 0 aliphatic rings. The van der Waals surface area contributed by atoms with Crippen LogP contribution in [0.4, 0.5) is 0 Å². The van der Waals surface area contributed by atoms with Crippen LogP contribution < -0.4 is 0 Å². The number of alkyl halides is 1. The van der Waals surface area contributed by atoms with Crippen molar-refractivity contribution < 1.29 is 13.0 Å². The molecule has 0 saturated carbocycles. The van der Waals surface area contributed by atoms with E-state index in [4.69, 9.17) is 4.55 Å². The van der Waals surface area contributed by atoms with Gasteiger partial charge in [-0.25, -0.2) is 0 Å². The second kappa shape index (κ2) is 7.30. The van der Waals surface area contributed by atoms with Crippen LogP contribution in [0.5, 0.6) is 0 Å². The molecule has 0 amide bonds. The fourth-order valence-corrected chi connectivity index (χ4v) is 1.49. The van der Waals surface area contributed by atoms with Crippen LogP contribution in [0.1, 0.15) is 12.8 Å². The topological polar surface area (TPSA) is 54.4 Å². The number of halogens is 1. The van der Waals surface area contributed by atoms with Gasteiger partial charge in [-0.3, -0.25) is 4.55 Å². The van der Waals surface area contributed by atoms with Gasteiger partial charge >= 0.3 is 29.6 Å². The predicted molar refractivity (Wildman–Crippen MR) is 51.7 cm³/mol. The number of rotatable bonds is 4. The van der Waals surface area contributed by atoms with Gasteiger partial charge in [-0.05, 0) is 17.3 Å². The monoisotopic (exact) mass is 288 g/mol. The summed E-state index contributed by atoms with van der Waals surface area (Å²) in [6.07, 6.45) is 1.40. The summed E-state index contributed by atoms with van der Waals surface area (Å²) in [5.74, 6) is -0.101. The Morgan fingerprint density at radius 1 is 1.30 bits per heavy atom. The van der Waals surface area contributed by atoms with E-state index in [2.05, 4.69) is 22.6 Å². The van der Waals surface area contributed by atoms with Crippen LogP contribution >= 0.6 is 22.6 Å². The molecule has 0 aliphatic heterocycles. The summed E-state index contributed by atoms with van der Waals surface area (Å²) in [5, 5.41) is 0. The Hall–Kier alpha value is 1.64. The van der Waals surface area contributed by atoms with E-state index in [9.17, 15) is 8.42 Å². The zero-order valence-electron chi connectivity index (χ0n) is 4.88. The molecular weight excluding hydrogens is 278 g/mol. The van der Waals surface area contributed by atoms with Crippen molar-refractivity contribution in [2.45, 2.75) is 12.8 Å². The first-order valence-corrected chi connectivity index (χ1v) is 5.71. The quantitative estimate of drug-likeness (QED) is 0.268. The van der Waals surface area contributed by atoms with Crippen LogP contribution in [-0.2, 0) is 10.1 Å². The molecule has 0 aromatic heterocycles. The van der Waals surface area contributed by atoms with E-state index in [1.165, 1.54) is 0 Å². The normalized spacial score (nSPS) is 10.6. The fourth-order valence-electron chi connectivity index (χ4n) is 0.379. The van der Waals surface area contributed by atoms with E-state index < -0.39 is 10.1 Å². The summed E-state index contributed by atoms with van der Waals surface area (Å²) >= 11 is 2.16. The Morgan fingerprint density at radius 2 is 1.80 bits per heavy atom. The Bertz CT molecular complexity index is 156. The fraction of sp³-hybridized carbons (Fsp3) is 1.00. The van der Waals surface area contributed by atoms with E-state index in [1.807, 2.05) is 0 Å². The predicted octanol–water partition coefficient (Wildman–Crippen LogP) is 0.441. The van der Waals surface area contributed by atoms with Crippen LogP contribution in [0.15, 0.2) is 0 Å². The van der Waals surface area contributed by atoms with Crippen molar-refractivity contribution in [2.24, 2.45) is 0 Å². The van der Waals surface area contributed by atoms with Gasteiger partial charge in [-0.1, -0.05) is 22.6 Å². The molecule has 10 heavy (non-hydrogen) atoms. The SMILES string of the molecule is O=S(=O)(O)CCCCI.[NaH]. The van der Waals surface area contributed by atoms with Crippen molar-refractivity contribution in [3.05, 3.63) is 0 Å². The minimum absolute atomic E-state index is 0. The maximum atomic E-state index is 10.1. The van der Waals surface area contributed by atoms with Gasteiger partial charge in [0.05, 0.1) is 5.75 Å². The average Bonchev–Trinajstić information content (AvgIpc) is 1.63. The van der Waals surface area contributed by atoms with Crippen molar-refractivity contribution in [3.63, 3.8) is 0 Å². The van der Waals surface area contributed by atoms with Crippen LogP contribution in [0.25, 0.3) is 0 Å². The number of hydrogen-bond donors (Lipinski definition) is 1. The van der Waals surface area contributed by atoms with Gasteiger partial charge in [-0.2, -0.15) is 8.42 Å². The van der Waals surface area contributed by atoms with Crippen molar-refractivity contribution in [1.82, 2.24) is 0 Å². The summed E-state index contributed by atoms with van der Waals surface area (Å²) in [5.41, 5.74) is 0. The van der Waals surface area contributed by atoms with Gasteiger partial charge in [0.2, 0.25) is 0 Å². The molecule has 0 aromatic carbocycles. The molecule has 0 aliphatic carbocycles. The van der Waals surface area contributed by atoms with Crippen molar-refractivity contribution >= 4 is 62.3 Å². The Kier molecular flexibility index (Phi) is 10.3. The molecule has 1 N–H and O–H groups in total. The molecule has 0 aromatic rings. The van der Waals surface area contributed by atoms with Gasteiger partial charge < -0.3 is 0 Å². The third-order valence-electron chi connectivity index (χ3n) is 0.786. The first-order valence-electron chi connectivity index (χ1n) is 2.57. The van der Waals surface area contributed by atoms with E-state index in [1.54, 1.807) is 0 Å². The second-order valence-corrected chi connectivity index (χ2v) is 4.33. The van der Waals surface area contributed by atoms with Crippen molar-refractivity contribution in [3.8, 4) is 0 Å². The standard InChI is InChI=1S/C4H9IO3S.Na.H/c5-3-1-2-4-9(6,7)8;;/h1-4H2,(H,6,7,8);;. The molecule has 0 saturated heterocycles. The zero-order chi connectivity index (χ0) is 7.33. The molecule has 6 heteroatoms. The van der Waals surface area contributed by atoms with Crippen LogP contribution in [-0.4, -0.2) is 52.7 Å². The first-order chi connectivity index (χ1) is 4.06. The second-order valence-electron chi connectivity index (χ2n) is 1.68. The third-order valence-corrected chi connectivity index (χ3v) is 2.35. The molecule has 0 atom stereocenters. The van der Waals surface area contributed by atoms with Crippen LogP contribution in [0.2, 0.25) is 0 Å². The number of unbranched alkanes of at least 4 members (excludes halogenated alkanes) is 1. The average molecular weight is 288 g/mol. The molecule has 3 nitrogen and oxygen atoms in total. The molecule has 0 unspecified atom stereocenters. The van der Waals surface area contributed by atoms with Gasteiger partial charge in [-0.15, -0.1) is 0 Å². The summed E-state index contributed by atoms with van der Waals surface area (Å²) in [6.45, 7) is 0. The zero-order valence-corrected chi connectivity index (χ0v) is 7.85. The van der Waals surface area contributed by atoms with Crippen molar-refractivity contribution in [2.75, 3.05) is 10.2 Å². The minimum atomic E-state index is -3.70. The summed E-state index contributed by atoms with van der Waals surface area (Å²) in [4.78, 5) is 0. The van der Waals surface area contributed by atoms with Crippen LogP contribution in [0, 0.1) is 0 Å². The third kappa shape index (κ3) is 12.3. The van der Waals surface area contributed by atoms with Crippen molar-refractivity contribution in [1.29, 1.82) is 0 Å². The number of hydrogen-bond acceptors (Lipinski definition) is 2. The summed E-state index contributed by atoms with van der Waals surface area (Å²) in [7, 11) is -3.70. The Labute approximate surface area is 97.1 Å². The molecule has 58 valence electrons. The Balaban J connectivity index is 0. The first kappa shape index (κ1) is 14.2. The summed E-state index contributed by atoms with van der Waals surface area (Å²) in [6, 6.07) is 0. The summed E-state index contributed by atoms with van der Waals surface area (Å²) < 4.78 is 29.3. The van der Waals surface area contributed by atoms with Crippen LogP contribution in [0.3, 0.4) is 0 Å². The maximum absolute atomic E-state index is 10.1. The van der Waals surface area contributed by atoms with E-state index in [0.29, 0.717) is 6.42 Å². The van der Waals surface area contributed by atoms with Gasteiger partial charge in [0.15, 0.2) is 0 Å². The molecule has 0 bridgehead atoms. The Morgan fingerprint density at radius 3 is 2.10 bits per heavy atom. The molecular formula is C4H10INaO3S. The van der Waals surface area contributed by atoms with Gasteiger partial charge in [0, 0.05) is 0 Å². The molecule has 0 fully saturated rings. The van der Waals surface area contributed by atoms with E-state index in [0.717, 1.165) is 10.8 Å². The molecule has 0 heterocycles. The molecule has 0 spiro atoms. The van der Waals surface area contributed by atoms with Gasteiger partial charge in [0.1, 0.15) is 0 Å². The van der Waals surface area contributed by atoms with E-state index >= 15 is 0 Å². The van der Waals surface area contributed by atoms with Gasteiger partial charge in [0.25, 0.3) is 10.1 Å². The van der Waals surface area contributed by atoms with E-state index in [-0.39, 0.29) is 35.3 Å².